The van der Waals surface area contributed by atoms with E-state index in [1.54, 1.807) is 0 Å². The number of aryl methyl sites for hydroxylation is 2. The molecule has 1 N–H and O–H groups in total. The minimum Gasteiger partial charge on any atom is -0.366 e. The predicted octanol–water partition coefficient (Wildman–Crippen LogP) is 2.72. The average molecular weight is 375 g/mol. The van der Waals surface area contributed by atoms with Crippen molar-refractivity contribution in [3.63, 3.8) is 0 Å². The first-order valence-corrected chi connectivity index (χ1v) is 10.8. The first-order valence-electron chi connectivity index (χ1n) is 8.98. The van der Waals surface area contributed by atoms with Gasteiger partial charge in [-0.1, -0.05) is 29.8 Å². The van der Waals surface area contributed by atoms with Crippen molar-refractivity contribution in [3.05, 3.63) is 47.2 Å². The Kier molecular flexibility index (Phi) is 5.46. The molecule has 1 aliphatic rings. The Balaban J connectivity index is 1.76. The van der Waals surface area contributed by atoms with Gasteiger partial charge in [-0.25, -0.2) is 13.4 Å². The van der Waals surface area contributed by atoms with Crippen LogP contribution in [0.15, 0.2) is 30.3 Å². The zero-order chi connectivity index (χ0) is 18.7. The Morgan fingerprint density at radius 3 is 2.54 bits per heavy atom. The monoisotopic (exact) mass is 374 g/mol. The Hall–Kier alpha value is -2.15. The lowest BCUT2D eigenvalue weighted by atomic mass is 10.1. The van der Waals surface area contributed by atoms with E-state index in [4.69, 9.17) is 0 Å². The van der Waals surface area contributed by atoms with E-state index in [1.165, 1.54) is 11.1 Å². The van der Waals surface area contributed by atoms with Crippen molar-refractivity contribution in [2.45, 2.75) is 39.8 Å². The van der Waals surface area contributed by atoms with Crippen LogP contribution < -0.4 is 10.2 Å². The summed E-state index contributed by atoms with van der Waals surface area (Å²) in [5, 5.41) is 3.35. The molecule has 1 atom stereocenters. The lowest BCUT2D eigenvalue weighted by molar-refractivity contribution is 0.599. The number of nitrogens with zero attached hydrogens (tertiary/aromatic N) is 3. The van der Waals surface area contributed by atoms with Crippen molar-refractivity contribution in [1.29, 1.82) is 0 Å². The molecular weight excluding hydrogens is 348 g/mol. The normalized spacial score (nSPS) is 18.7. The topological polar surface area (TPSA) is 75.2 Å². The second-order valence-corrected chi connectivity index (χ2v) is 9.11. The van der Waals surface area contributed by atoms with Crippen LogP contribution in [0.4, 0.5) is 11.8 Å². The predicted molar refractivity (Wildman–Crippen MR) is 105 cm³/mol. The van der Waals surface area contributed by atoms with Gasteiger partial charge >= 0.3 is 0 Å². The summed E-state index contributed by atoms with van der Waals surface area (Å²) in [5.41, 5.74) is 3.28. The largest absolute Gasteiger partial charge is 0.366 e. The van der Waals surface area contributed by atoms with Gasteiger partial charge in [0, 0.05) is 30.9 Å². The molecule has 0 aliphatic carbocycles. The van der Waals surface area contributed by atoms with E-state index in [-0.39, 0.29) is 17.5 Å². The molecule has 1 aromatic carbocycles. The molecule has 1 aliphatic heterocycles. The van der Waals surface area contributed by atoms with Gasteiger partial charge < -0.3 is 10.2 Å². The number of rotatable bonds is 6. The molecule has 140 valence electrons. The van der Waals surface area contributed by atoms with Crippen LogP contribution in [0.25, 0.3) is 0 Å². The smallest absolute Gasteiger partial charge is 0.227 e. The van der Waals surface area contributed by atoms with E-state index in [0.29, 0.717) is 25.5 Å². The maximum atomic E-state index is 11.8. The average Bonchev–Trinajstić information content (AvgIpc) is 2.94. The van der Waals surface area contributed by atoms with Crippen LogP contribution in [-0.4, -0.2) is 42.5 Å². The molecule has 2 heterocycles. The second kappa shape index (κ2) is 7.61. The summed E-state index contributed by atoms with van der Waals surface area (Å²) < 4.78 is 23.7. The van der Waals surface area contributed by atoms with Gasteiger partial charge in [-0.05, 0) is 32.8 Å². The fourth-order valence-electron chi connectivity index (χ4n) is 3.25. The minimum absolute atomic E-state index is 0.0447. The molecule has 2 aromatic rings. The lowest BCUT2D eigenvalue weighted by Gasteiger charge is -2.27. The molecule has 0 spiro atoms. The first kappa shape index (κ1) is 18.6. The van der Waals surface area contributed by atoms with E-state index in [1.807, 2.05) is 24.8 Å². The van der Waals surface area contributed by atoms with Gasteiger partial charge in [0.25, 0.3) is 0 Å². The van der Waals surface area contributed by atoms with Crippen LogP contribution >= 0.6 is 0 Å². The van der Waals surface area contributed by atoms with Gasteiger partial charge in [0.1, 0.15) is 5.82 Å². The van der Waals surface area contributed by atoms with Crippen LogP contribution in [0, 0.1) is 13.8 Å². The Bertz CT molecular complexity index is 866. The zero-order valence-corrected chi connectivity index (χ0v) is 16.4. The molecule has 0 amide bonds. The molecule has 1 saturated heterocycles. The van der Waals surface area contributed by atoms with Gasteiger partial charge in [0.2, 0.25) is 5.95 Å². The summed E-state index contributed by atoms with van der Waals surface area (Å²) in [6.45, 7) is 7.37. The van der Waals surface area contributed by atoms with Gasteiger partial charge in [0.15, 0.2) is 9.84 Å². The third-order valence-corrected chi connectivity index (χ3v) is 6.43. The van der Waals surface area contributed by atoms with E-state index in [2.05, 4.69) is 46.5 Å². The standard InChI is InChI=1S/C19H26N4O2S/c1-4-23(17-9-10-26(24,25)13-17)19-21-15(3)11-18(22-19)20-12-16-7-5-14(2)6-8-16/h5-8,11,17H,4,9-10,12-13H2,1-3H3,(H,20,21,22). The summed E-state index contributed by atoms with van der Waals surface area (Å²) in [6.07, 6.45) is 0.638. The number of sulfone groups is 1. The number of aromatic nitrogens is 2. The fraction of sp³-hybridized carbons (Fsp3) is 0.474. The Labute approximate surface area is 155 Å². The highest BCUT2D eigenvalue weighted by Crippen LogP contribution is 2.23. The molecule has 0 radical (unpaired) electrons. The van der Waals surface area contributed by atoms with E-state index >= 15 is 0 Å². The number of hydrogen-bond donors (Lipinski definition) is 1. The molecule has 26 heavy (non-hydrogen) atoms. The molecule has 3 rings (SSSR count). The van der Waals surface area contributed by atoms with Crippen molar-refractivity contribution >= 4 is 21.6 Å². The fourth-order valence-corrected chi connectivity index (χ4v) is 4.99. The minimum atomic E-state index is -2.94. The van der Waals surface area contributed by atoms with Gasteiger partial charge in [-0.2, -0.15) is 4.98 Å². The van der Waals surface area contributed by atoms with Crippen LogP contribution in [0.2, 0.25) is 0 Å². The van der Waals surface area contributed by atoms with Gasteiger partial charge in [-0.3, -0.25) is 0 Å². The van der Waals surface area contributed by atoms with Crippen molar-refractivity contribution in [3.8, 4) is 0 Å². The molecule has 0 saturated carbocycles. The van der Waals surface area contributed by atoms with Crippen molar-refractivity contribution in [1.82, 2.24) is 9.97 Å². The van der Waals surface area contributed by atoms with E-state index < -0.39 is 9.84 Å². The third-order valence-electron chi connectivity index (χ3n) is 4.68. The van der Waals surface area contributed by atoms with Crippen LogP contribution in [0.3, 0.4) is 0 Å². The Morgan fingerprint density at radius 1 is 1.19 bits per heavy atom. The third kappa shape index (κ3) is 4.52. The maximum Gasteiger partial charge on any atom is 0.227 e. The molecule has 1 aromatic heterocycles. The molecule has 1 unspecified atom stereocenters. The highest BCUT2D eigenvalue weighted by molar-refractivity contribution is 7.91. The van der Waals surface area contributed by atoms with Crippen molar-refractivity contribution in [2.24, 2.45) is 0 Å². The summed E-state index contributed by atoms with van der Waals surface area (Å²) in [5.74, 6) is 1.79. The molecule has 1 fully saturated rings. The van der Waals surface area contributed by atoms with Crippen LogP contribution in [0.1, 0.15) is 30.2 Å². The summed E-state index contributed by atoms with van der Waals surface area (Å²) in [7, 11) is -2.94. The number of hydrogen-bond acceptors (Lipinski definition) is 6. The van der Waals surface area contributed by atoms with Gasteiger partial charge in [0.05, 0.1) is 11.5 Å². The first-order chi connectivity index (χ1) is 12.4. The van der Waals surface area contributed by atoms with E-state index in [9.17, 15) is 8.42 Å². The number of anilines is 2. The molecule has 6 nitrogen and oxygen atoms in total. The highest BCUT2D eigenvalue weighted by Gasteiger charge is 2.33. The highest BCUT2D eigenvalue weighted by atomic mass is 32.2. The maximum absolute atomic E-state index is 11.8. The van der Waals surface area contributed by atoms with Crippen LogP contribution in [-0.2, 0) is 16.4 Å². The Morgan fingerprint density at radius 2 is 1.92 bits per heavy atom. The van der Waals surface area contributed by atoms with E-state index in [0.717, 1.165) is 11.5 Å². The molecule has 0 bridgehead atoms. The summed E-state index contributed by atoms with van der Waals surface area (Å²) >= 11 is 0. The van der Waals surface area contributed by atoms with Crippen LogP contribution in [0.5, 0.6) is 0 Å². The summed E-state index contributed by atoms with van der Waals surface area (Å²) in [4.78, 5) is 11.2. The van der Waals surface area contributed by atoms with Crippen molar-refractivity contribution < 1.29 is 8.42 Å². The molecular formula is C19H26N4O2S. The number of nitrogens with one attached hydrogen (secondary N) is 1. The lowest BCUT2D eigenvalue weighted by Crippen LogP contribution is -2.37. The van der Waals surface area contributed by atoms with Crippen molar-refractivity contribution in [2.75, 3.05) is 28.3 Å². The van der Waals surface area contributed by atoms with Gasteiger partial charge in [-0.15, -0.1) is 0 Å². The second-order valence-electron chi connectivity index (χ2n) is 6.88. The summed E-state index contributed by atoms with van der Waals surface area (Å²) in [6, 6.07) is 10.2. The molecule has 7 heteroatoms. The SMILES string of the molecule is CCN(c1nc(C)cc(NCc2ccc(C)cc2)n1)C1CCS(=O)(=O)C1. The zero-order valence-electron chi connectivity index (χ0n) is 15.6. The number of benzene rings is 1. The quantitative estimate of drug-likeness (QED) is 0.838.